The van der Waals surface area contributed by atoms with Crippen molar-refractivity contribution in [2.75, 3.05) is 39.0 Å². The molecule has 30 heavy (non-hydrogen) atoms. The topological polar surface area (TPSA) is 61.9 Å². The first-order valence-electron chi connectivity index (χ1n) is 10.2. The highest BCUT2D eigenvalue weighted by Gasteiger charge is 2.27. The predicted octanol–water partition coefficient (Wildman–Crippen LogP) is 2.64. The van der Waals surface area contributed by atoms with E-state index in [4.69, 9.17) is 4.74 Å². The Bertz CT molecular complexity index is 821. The van der Waals surface area contributed by atoms with E-state index in [2.05, 4.69) is 17.3 Å². The molecule has 0 radical (unpaired) electrons. The zero-order chi connectivity index (χ0) is 21.3. The number of nitrogens with zero attached hydrogens (tertiary/aromatic N) is 2. The largest absolute Gasteiger partial charge is 0.489 e. The molecule has 1 unspecified atom stereocenters. The summed E-state index contributed by atoms with van der Waals surface area (Å²) in [5, 5.41) is 2.82. The van der Waals surface area contributed by atoms with Crippen LogP contribution < -0.4 is 10.1 Å². The van der Waals surface area contributed by atoms with Crippen molar-refractivity contribution in [3.05, 3.63) is 60.2 Å². The zero-order valence-corrected chi connectivity index (χ0v) is 18.4. The molecule has 1 N–H and O–H groups in total. The molecule has 160 valence electrons. The lowest BCUT2D eigenvalue weighted by Crippen LogP contribution is -2.54. The number of amides is 2. The molecule has 1 atom stereocenters. The Kier molecular flexibility index (Phi) is 8.16. The molecule has 3 rings (SSSR count). The van der Waals surface area contributed by atoms with Gasteiger partial charge in [0.25, 0.3) is 0 Å². The molecule has 1 fully saturated rings. The Morgan fingerprint density at radius 1 is 1.03 bits per heavy atom. The van der Waals surface area contributed by atoms with Crippen LogP contribution in [0.3, 0.4) is 0 Å². The van der Waals surface area contributed by atoms with Crippen LogP contribution in [-0.2, 0) is 16.2 Å². The summed E-state index contributed by atoms with van der Waals surface area (Å²) in [6.45, 7) is 5.09. The second kappa shape index (κ2) is 11.0. The molecular weight excluding hydrogens is 398 g/mol. The third-order valence-electron chi connectivity index (χ3n) is 4.98. The van der Waals surface area contributed by atoms with Crippen LogP contribution in [-0.4, -0.2) is 66.6 Å². The van der Waals surface area contributed by atoms with Crippen LogP contribution in [0.2, 0.25) is 0 Å². The number of benzene rings is 2. The number of carbonyl (C=O) groups excluding carboxylic acids is 2. The average Bonchev–Trinajstić information content (AvgIpc) is 2.76. The van der Waals surface area contributed by atoms with Gasteiger partial charge in [0, 0.05) is 43.8 Å². The van der Waals surface area contributed by atoms with Gasteiger partial charge in [-0.15, -0.1) is 11.8 Å². The number of ether oxygens (including phenoxy) is 1. The van der Waals surface area contributed by atoms with Crippen LogP contribution >= 0.6 is 11.8 Å². The van der Waals surface area contributed by atoms with Crippen molar-refractivity contribution in [1.82, 2.24) is 15.1 Å². The van der Waals surface area contributed by atoms with Gasteiger partial charge in [0.2, 0.25) is 11.8 Å². The summed E-state index contributed by atoms with van der Waals surface area (Å²) < 4.78 is 5.82. The number of nitrogens with one attached hydrogen (secondary N) is 1. The maximum Gasteiger partial charge on any atom is 0.246 e. The third kappa shape index (κ3) is 6.78. The van der Waals surface area contributed by atoms with Gasteiger partial charge in [0.05, 0.1) is 0 Å². The fraction of sp³-hybridized carbons (Fsp3) is 0.391. The molecule has 7 heteroatoms. The van der Waals surface area contributed by atoms with Gasteiger partial charge in [-0.05, 0) is 36.9 Å². The quantitative estimate of drug-likeness (QED) is 0.657. The van der Waals surface area contributed by atoms with Gasteiger partial charge >= 0.3 is 0 Å². The van der Waals surface area contributed by atoms with Crippen molar-refractivity contribution >= 4 is 23.6 Å². The molecule has 1 aliphatic rings. The first-order valence-corrected chi connectivity index (χ1v) is 11.1. The Morgan fingerprint density at radius 3 is 2.33 bits per heavy atom. The second-order valence-corrected chi connectivity index (χ2v) is 8.53. The zero-order valence-electron chi connectivity index (χ0n) is 17.5. The van der Waals surface area contributed by atoms with E-state index in [9.17, 15) is 9.59 Å². The minimum Gasteiger partial charge on any atom is -0.489 e. The maximum atomic E-state index is 12.9. The predicted molar refractivity (Wildman–Crippen MR) is 120 cm³/mol. The van der Waals surface area contributed by atoms with E-state index in [0.717, 1.165) is 29.3 Å². The molecule has 1 heterocycles. The number of hydrogen-bond acceptors (Lipinski definition) is 5. The van der Waals surface area contributed by atoms with E-state index in [0.29, 0.717) is 25.4 Å². The Labute approximate surface area is 182 Å². The summed E-state index contributed by atoms with van der Waals surface area (Å²) >= 11 is 1.56. The molecule has 2 aromatic carbocycles. The van der Waals surface area contributed by atoms with Crippen molar-refractivity contribution in [2.45, 2.75) is 24.5 Å². The minimum absolute atomic E-state index is 0.00591. The monoisotopic (exact) mass is 427 g/mol. The van der Waals surface area contributed by atoms with Gasteiger partial charge in [0.15, 0.2) is 0 Å². The number of piperazine rings is 1. The van der Waals surface area contributed by atoms with E-state index < -0.39 is 6.04 Å². The van der Waals surface area contributed by atoms with E-state index in [1.807, 2.05) is 59.5 Å². The molecule has 0 aliphatic carbocycles. The van der Waals surface area contributed by atoms with Crippen LogP contribution in [0.4, 0.5) is 0 Å². The third-order valence-corrected chi connectivity index (χ3v) is 6.08. The molecule has 0 spiro atoms. The van der Waals surface area contributed by atoms with Gasteiger partial charge in [-0.25, -0.2) is 0 Å². The van der Waals surface area contributed by atoms with Crippen molar-refractivity contribution in [3.8, 4) is 5.75 Å². The average molecular weight is 428 g/mol. The van der Waals surface area contributed by atoms with Crippen LogP contribution in [0.5, 0.6) is 5.75 Å². The fourth-order valence-corrected chi connectivity index (χ4v) is 4.13. The van der Waals surface area contributed by atoms with Crippen molar-refractivity contribution in [2.24, 2.45) is 0 Å². The summed E-state index contributed by atoms with van der Waals surface area (Å²) in [6, 6.07) is 17.3. The number of likely N-dealkylation sites (N-methyl/N-ethyl adjacent to an activating group) is 1. The minimum atomic E-state index is -0.523. The summed E-state index contributed by atoms with van der Waals surface area (Å²) in [6.07, 6.45) is 0. The van der Waals surface area contributed by atoms with E-state index in [1.54, 1.807) is 11.8 Å². The SMILES string of the molecule is CC(=O)NC(CSc1ccc(OCc2ccccc2)cc1)C(=O)N1CCN(C)CC1. The first kappa shape index (κ1) is 22.2. The number of carbonyl (C=O) groups is 2. The molecule has 2 amide bonds. The summed E-state index contributed by atoms with van der Waals surface area (Å²) in [7, 11) is 2.05. The van der Waals surface area contributed by atoms with Gasteiger partial charge in [0.1, 0.15) is 18.4 Å². The normalized spacial score (nSPS) is 15.5. The highest BCUT2D eigenvalue weighted by molar-refractivity contribution is 7.99. The molecule has 1 aliphatic heterocycles. The maximum absolute atomic E-state index is 12.9. The van der Waals surface area contributed by atoms with E-state index in [1.165, 1.54) is 6.92 Å². The molecule has 0 saturated carbocycles. The Hall–Kier alpha value is -2.51. The molecule has 2 aromatic rings. The highest BCUT2D eigenvalue weighted by Crippen LogP contribution is 2.23. The molecule has 6 nitrogen and oxygen atoms in total. The molecule has 0 aromatic heterocycles. The van der Waals surface area contributed by atoms with Gasteiger partial charge in [-0.1, -0.05) is 30.3 Å². The summed E-state index contributed by atoms with van der Waals surface area (Å²) in [4.78, 5) is 29.6. The van der Waals surface area contributed by atoms with Gasteiger partial charge in [-0.2, -0.15) is 0 Å². The van der Waals surface area contributed by atoms with Crippen LogP contribution in [0.25, 0.3) is 0 Å². The van der Waals surface area contributed by atoms with Crippen LogP contribution in [0, 0.1) is 0 Å². The van der Waals surface area contributed by atoms with Gasteiger partial charge < -0.3 is 19.9 Å². The molecular formula is C23H29N3O3S. The van der Waals surface area contributed by atoms with Crippen molar-refractivity contribution in [1.29, 1.82) is 0 Å². The van der Waals surface area contributed by atoms with Crippen molar-refractivity contribution in [3.63, 3.8) is 0 Å². The van der Waals surface area contributed by atoms with Crippen LogP contribution in [0.15, 0.2) is 59.5 Å². The fourth-order valence-electron chi connectivity index (χ4n) is 3.22. The number of rotatable bonds is 8. The van der Waals surface area contributed by atoms with Crippen LogP contribution in [0.1, 0.15) is 12.5 Å². The lowest BCUT2D eigenvalue weighted by Gasteiger charge is -2.34. The lowest BCUT2D eigenvalue weighted by atomic mass is 10.2. The number of hydrogen-bond donors (Lipinski definition) is 1. The van der Waals surface area contributed by atoms with E-state index in [-0.39, 0.29) is 11.8 Å². The summed E-state index contributed by atoms with van der Waals surface area (Å²) in [5.41, 5.74) is 1.12. The highest BCUT2D eigenvalue weighted by atomic mass is 32.2. The Morgan fingerprint density at radius 2 is 1.70 bits per heavy atom. The number of thioether (sulfide) groups is 1. The smallest absolute Gasteiger partial charge is 0.246 e. The lowest BCUT2D eigenvalue weighted by molar-refractivity contribution is -0.136. The van der Waals surface area contributed by atoms with Crippen molar-refractivity contribution < 1.29 is 14.3 Å². The molecule has 1 saturated heterocycles. The van der Waals surface area contributed by atoms with E-state index >= 15 is 0 Å². The molecule has 0 bridgehead atoms. The Balaban J connectivity index is 1.53. The first-order chi connectivity index (χ1) is 14.5. The summed E-state index contributed by atoms with van der Waals surface area (Å²) in [5.74, 6) is 1.10. The second-order valence-electron chi connectivity index (χ2n) is 7.44. The standard InChI is InChI=1S/C23H29N3O3S/c1-18(27)24-22(23(28)26-14-12-25(2)13-15-26)17-30-21-10-8-20(9-11-21)29-16-19-6-4-3-5-7-19/h3-11,22H,12-17H2,1-2H3,(H,24,27). The van der Waals surface area contributed by atoms with Gasteiger partial charge in [-0.3, -0.25) is 9.59 Å².